The van der Waals surface area contributed by atoms with Crippen LogP contribution in [0.15, 0.2) is 71.3 Å². The number of ether oxygens (including phenoxy) is 2. The zero-order valence-electron chi connectivity index (χ0n) is 19.5. The largest absolute Gasteiger partial charge is 0.454 e. The van der Waals surface area contributed by atoms with E-state index in [1.165, 1.54) is 18.4 Å². The van der Waals surface area contributed by atoms with Crippen LogP contribution < -0.4 is 14.8 Å². The minimum atomic E-state index is -0.389. The Labute approximate surface area is 222 Å². The van der Waals surface area contributed by atoms with Crippen molar-refractivity contribution < 1.29 is 23.1 Å². The van der Waals surface area contributed by atoms with Crippen molar-refractivity contribution in [2.24, 2.45) is 0 Å². The maximum Gasteiger partial charge on any atom is 0.273 e. The van der Waals surface area contributed by atoms with Gasteiger partial charge in [-0.05, 0) is 47.0 Å². The van der Waals surface area contributed by atoms with Crippen molar-refractivity contribution >= 4 is 29.1 Å². The zero-order valence-corrected chi connectivity index (χ0v) is 21.1. The van der Waals surface area contributed by atoms with Gasteiger partial charge >= 0.3 is 0 Å². The van der Waals surface area contributed by atoms with Crippen molar-refractivity contribution in [3.05, 3.63) is 111 Å². The van der Waals surface area contributed by atoms with Crippen LogP contribution in [0.3, 0.4) is 0 Å². The number of halogens is 3. The summed E-state index contributed by atoms with van der Waals surface area (Å²) in [6.07, 6.45) is 1.32. The molecule has 1 aromatic heterocycles. The minimum Gasteiger partial charge on any atom is -0.454 e. The highest BCUT2D eigenvalue weighted by Gasteiger charge is 2.19. The van der Waals surface area contributed by atoms with E-state index < -0.39 is 0 Å². The standard InChI is InChI=1S/C27H22Cl2FN3O4/c28-21-3-1-2-19(26(21)29)13-33(12-18-6-9-23-24(10-18)37-16-36-23)14-25-32-22(15-35-25)27(34)31-11-17-4-7-20(30)8-5-17/h1-10,15H,11-14,16H2,(H,31,34). The molecule has 3 aromatic carbocycles. The molecule has 1 N–H and O–H groups in total. The Balaban J connectivity index is 1.30. The van der Waals surface area contributed by atoms with Crippen molar-refractivity contribution in [3.8, 4) is 11.5 Å². The van der Waals surface area contributed by atoms with Gasteiger partial charge in [0.15, 0.2) is 17.2 Å². The predicted octanol–water partition coefficient (Wildman–Crippen LogP) is 5.98. The highest BCUT2D eigenvalue weighted by atomic mass is 35.5. The first-order chi connectivity index (χ1) is 17.9. The van der Waals surface area contributed by atoms with Crippen LogP contribution in [0.5, 0.6) is 11.5 Å². The molecular formula is C27H22Cl2FN3O4. The monoisotopic (exact) mass is 541 g/mol. The van der Waals surface area contributed by atoms with Gasteiger partial charge in [0.2, 0.25) is 12.7 Å². The summed E-state index contributed by atoms with van der Waals surface area (Å²) in [5.74, 6) is 1.04. The van der Waals surface area contributed by atoms with Crippen LogP contribution in [-0.2, 0) is 26.2 Å². The fraction of sp³-hybridized carbons (Fsp3) is 0.185. The van der Waals surface area contributed by atoms with E-state index in [4.69, 9.17) is 37.1 Å². The second-order valence-electron chi connectivity index (χ2n) is 8.48. The molecule has 0 bridgehead atoms. The van der Waals surface area contributed by atoms with Crippen LogP contribution in [0.1, 0.15) is 33.1 Å². The number of nitrogens with one attached hydrogen (secondary N) is 1. The lowest BCUT2D eigenvalue weighted by Gasteiger charge is -2.22. The van der Waals surface area contributed by atoms with Crippen LogP contribution in [-0.4, -0.2) is 22.6 Å². The molecule has 0 saturated heterocycles. The molecule has 0 spiro atoms. The molecule has 190 valence electrons. The summed E-state index contributed by atoms with van der Waals surface area (Å²) in [5.41, 5.74) is 2.76. The number of aromatic nitrogens is 1. The molecule has 0 radical (unpaired) electrons. The first-order valence-corrected chi connectivity index (χ1v) is 12.2. The number of rotatable bonds is 9. The molecule has 1 aliphatic rings. The van der Waals surface area contributed by atoms with Crippen LogP contribution in [0.4, 0.5) is 4.39 Å². The van der Waals surface area contributed by atoms with Crippen molar-refractivity contribution in [2.45, 2.75) is 26.2 Å². The summed E-state index contributed by atoms with van der Waals surface area (Å²) >= 11 is 12.7. The summed E-state index contributed by atoms with van der Waals surface area (Å²) in [7, 11) is 0. The third kappa shape index (κ3) is 6.22. The Morgan fingerprint density at radius 1 is 0.973 bits per heavy atom. The molecule has 7 nitrogen and oxygen atoms in total. The predicted molar refractivity (Wildman–Crippen MR) is 136 cm³/mol. The van der Waals surface area contributed by atoms with Crippen LogP contribution in [0, 0.1) is 5.82 Å². The summed E-state index contributed by atoms with van der Waals surface area (Å²) in [6.45, 7) is 1.73. The van der Waals surface area contributed by atoms with E-state index in [9.17, 15) is 9.18 Å². The Morgan fingerprint density at radius 3 is 2.59 bits per heavy atom. The number of carbonyl (C=O) groups excluding carboxylic acids is 1. The quantitative estimate of drug-likeness (QED) is 0.281. The summed E-state index contributed by atoms with van der Waals surface area (Å²) in [6, 6.07) is 17.2. The Hall–Kier alpha value is -3.59. The SMILES string of the molecule is O=C(NCc1ccc(F)cc1)c1coc(CN(Cc2ccc3c(c2)OCO3)Cc2cccc(Cl)c2Cl)n1. The smallest absolute Gasteiger partial charge is 0.273 e. The average Bonchev–Trinajstić information content (AvgIpc) is 3.56. The summed E-state index contributed by atoms with van der Waals surface area (Å²) < 4.78 is 29.6. The topological polar surface area (TPSA) is 76.8 Å². The molecule has 0 aliphatic carbocycles. The van der Waals surface area contributed by atoms with E-state index in [0.29, 0.717) is 47.1 Å². The Morgan fingerprint density at radius 2 is 1.76 bits per heavy atom. The van der Waals surface area contributed by atoms with Crippen LogP contribution in [0.25, 0.3) is 0 Å². The van der Waals surface area contributed by atoms with Gasteiger partial charge in [0, 0.05) is 19.6 Å². The molecule has 1 aliphatic heterocycles. The number of oxazole rings is 1. The van der Waals surface area contributed by atoms with Gasteiger partial charge in [-0.2, -0.15) is 0 Å². The summed E-state index contributed by atoms with van der Waals surface area (Å²) in [4.78, 5) is 19.0. The third-order valence-electron chi connectivity index (χ3n) is 5.78. The number of nitrogens with zero attached hydrogens (tertiary/aromatic N) is 2. The van der Waals surface area contributed by atoms with Crippen LogP contribution >= 0.6 is 23.2 Å². The number of hydrogen-bond donors (Lipinski definition) is 1. The number of benzene rings is 3. The molecule has 0 saturated carbocycles. The van der Waals surface area contributed by atoms with E-state index in [1.807, 2.05) is 30.3 Å². The van der Waals surface area contributed by atoms with E-state index in [1.54, 1.807) is 18.2 Å². The molecule has 0 atom stereocenters. The first-order valence-electron chi connectivity index (χ1n) is 11.5. The van der Waals surface area contributed by atoms with Crippen LogP contribution in [0.2, 0.25) is 10.0 Å². The van der Waals surface area contributed by atoms with Crippen molar-refractivity contribution in [3.63, 3.8) is 0 Å². The van der Waals surface area contributed by atoms with E-state index in [2.05, 4.69) is 15.2 Å². The van der Waals surface area contributed by atoms with E-state index >= 15 is 0 Å². The van der Waals surface area contributed by atoms with Gasteiger partial charge in [-0.3, -0.25) is 9.69 Å². The number of carbonyl (C=O) groups is 1. The highest BCUT2D eigenvalue weighted by Crippen LogP contribution is 2.33. The van der Waals surface area contributed by atoms with Gasteiger partial charge in [-0.25, -0.2) is 9.37 Å². The first kappa shape index (κ1) is 25.1. The molecule has 0 unspecified atom stereocenters. The zero-order chi connectivity index (χ0) is 25.8. The lowest BCUT2D eigenvalue weighted by atomic mass is 10.1. The van der Waals surface area contributed by atoms with Gasteiger partial charge < -0.3 is 19.2 Å². The molecule has 37 heavy (non-hydrogen) atoms. The van der Waals surface area contributed by atoms with Gasteiger partial charge in [-0.1, -0.05) is 53.5 Å². The van der Waals surface area contributed by atoms with Gasteiger partial charge in [0.1, 0.15) is 12.1 Å². The second-order valence-corrected chi connectivity index (χ2v) is 9.27. The highest BCUT2D eigenvalue weighted by molar-refractivity contribution is 6.42. The molecule has 4 aromatic rings. The van der Waals surface area contributed by atoms with E-state index in [0.717, 1.165) is 16.7 Å². The average molecular weight is 542 g/mol. The lowest BCUT2D eigenvalue weighted by Crippen LogP contribution is -2.24. The fourth-order valence-corrected chi connectivity index (χ4v) is 4.31. The molecular weight excluding hydrogens is 520 g/mol. The molecule has 0 fully saturated rings. The van der Waals surface area contributed by atoms with Gasteiger partial charge in [0.25, 0.3) is 5.91 Å². The second kappa shape index (κ2) is 11.2. The van der Waals surface area contributed by atoms with Gasteiger partial charge in [0.05, 0.1) is 16.6 Å². The number of fused-ring (bicyclic) bond motifs is 1. The van der Waals surface area contributed by atoms with Gasteiger partial charge in [-0.15, -0.1) is 0 Å². The summed E-state index contributed by atoms with van der Waals surface area (Å²) in [5, 5.41) is 3.71. The normalized spacial score (nSPS) is 12.2. The minimum absolute atomic E-state index is 0.154. The maximum absolute atomic E-state index is 13.1. The number of amides is 1. The maximum atomic E-state index is 13.1. The molecule has 10 heteroatoms. The Bertz CT molecular complexity index is 1410. The molecule has 1 amide bonds. The third-order valence-corrected chi connectivity index (χ3v) is 6.64. The Kier molecular flexibility index (Phi) is 7.60. The molecule has 2 heterocycles. The lowest BCUT2D eigenvalue weighted by molar-refractivity contribution is 0.0945. The van der Waals surface area contributed by atoms with Crippen molar-refractivity contribution in [2.75, 3.05) is 6.79 Å². The van der Waals surface area contributed by atoms with Crippen molar-refractivity contribution in [1.29, 1.82) is 0 Å². The van der Waals surface area contributed by atoms with E-state index in [-0.39, 0.29) is 30.8 Å². The molecule has 5 rings (SSSR count). The van der Waals surface area contributed by atoms with Crippen molar-refractivity contribution in [1.82, 2.24) is 15.2 Å². The fourth-order valence-electron chi connectivity index (χ4n) is 3.93. The number of hydrogen-bond acceptors (Lipinski definition) is 6.